The second-order valence-corrected chi connectivity index (χ2v) is 9.36. The number of rotatable bonds is 2. The third kappa shape index (κ3) is 3.57. The van der Waals surface area contributed by atoms with Gasteiger partial charge in [0.05, 0.1) is 12.9 Å². The molecule has 0 radical (unpaired) electrons. The Hall–Kier alpha value is 1.13. The van der Waals surface area contributed by atoms with Gasteiger partial charge in [-0.05, 0) is 61.7 Å². The van der Waals surface area contributed by atoms with Crippen molar-refractivity contribution in [3.05, 3.63) is 51.9 Å². The van der Waals surface area contributed by atoms with E-state index in [4.69, 9.17) is 11.6 Å². The molecule has 1 aromatic carbocycles. The van der Waals surface area contributed by atoms with E-state index in [1.165, 1.54) is 0 Å². The van der Waals surface area contributed by atoms with Crippen molar-refractivity contribution in [2.24, 2.45) is 0 Å². The van der Waals surface area contributed by atoms with Crippen molar-refractivity contribution in [1.29, 1.82) is 0 Å². The lowest BCUT2D eigenvalue weighted by Crippen LogP contribution is -1.92. The molecule has 0 bridgehead atoms. The maximum absolute atomic E-state index is 6.51. The SMILES string of the molecule is ClC(c1cc(Br)cc(Br)c1)c1cc(Br)sc1Br. The molecule has 1 heterocycles. The molecule has 90 valence electrons. The number of hydrogen-bond donors (Lipinski definition) is 0. The highest BCUT2D eigenvalue weighted by Crippen LogP contribution is 2.41. The van der Waals surface area contributed by atoms with Crippen LogP contribution in [0.15, 0.2) is 40.8 Å². The first-order valence-corrected chi connectivity index (χ1v) is 8.94. The fourth-order valence-corrected chi connectivity index (χ4v) is 6.15. The number of thiophene rings is 1. The minimum atomic E-state index is -0.166. The molecular formula is C11H5Br4ClS. The van der Waals surface area contributed by atoms with E-state index in [9.17, 15) is 0 Å². The van der Waals surface area contributed by atoms with Crippen molar-refractivity contribution in [3.63, 3.8) is 0 Å². The van der Waals surface area contributed by atoms with Crippen LogP contribution in [-0.4, -0.2) is 0 Å². The van der Waals surface area contributed by atoms with Crippen molar-refractivity contribution in [1.82, 2.24) is 0 Å². The predicted octanol–water partition coefficient (Wildman–Crippen LogP) is 7.13. The normalized spacial score (nSPS) is 12.8. The molecular weight excluding hydrogens is 519 g/mol. The Bertz CT molecular complexity index is 532. The predicted molar refractivity (Wildman–Crippen MR) is 89.3 cm³/mol. The van der Waals surface area contributed by atoms with Gasteiger partial charge in [0.25, 0.3) is 0 Å². The summed E-state index contributed by atoms with van der Waals surface area (Å²) >= 11 is 22.1. The van der Waals surface area contributed by atoms with Crippen molar-refractivity contribution in [2.75, 3.05) is 0 Å². The third-order valence-electron chi connectivity index (χ3n) is 2.13. The summed E-state index contributed by atoms with van der Waals surface area (Å²) in [7, 11) is 0. The summed E-state index contributed by atoms with van der Waals surface area (Å²) < 4.78 is 4.15. The molecule has 0 spiro atoms. The molecule has 0 fully saturated rings. The van der Waals surface area contributed by atoms with Crippen LogP contribution >= 0.6 is 86.7 Å². The Kier molecular flexibility index (Phi) is 5.18. The molecule has 0 aliphatic heterocycles. The molecule has 0 aliphatic rings. The van der Waals surface area contributed by atoms with Gasteiger partial charge in [-0.3, -0.25) is 0 Å². The van der Waals surface area contributed by atoms with Crippen LogP contribution < -0.4 is 0 Å². The summed E-state index contributed by atoms with van der Waals surface area (Å²) in [5, 5.41) is -0.166. The van der Waals surface area contributed by atoms with E-state index in [2.05, 4.69) is 63.7 Å². The number of hydrogen-bond acceptors (Lipinski definition) is 1. The van der Waals surface area contributed by atoms with Gasteiger partial charge in [-0.25, -0.2) is 0 Å². The second-order valence-electron chi connectivity index (χ2n) is 3.34. The highest BCUT2D eigenvalue weighted by molar-refractivity contribution is 9.12. The number of alkyl halides is 1. The van der Waals surface area contributed by atoms with Gasteiger partial charge in [0, 0.05) is 14.5 Å². The second kappa shape index (κ2) is 6.06. The van der Waals surface area contributed by atoms with Crippen LogP contribution in [0.2, 0.25) is 0 Å². The van der Waals surface area contributed by atoms with Crippen LogP contribution in [0.4, 0.5) is 0 Å². The fourth-order valence-electron chi connectivity index (χ4n) is 1.43. The molecule has 0 saturated heterocycles. The van der Waals surface area contributed by atoms with E-state index in [0.29, 0.717) is 0 Å². The summed E-state index contributed by atoms with van der Waals surface area (Å²) in [6.45, 7) is 0. The molecule has 0 saturated carbocycles. The summed E-state index contributed by atoms with van der Waals surface area (Å²) in [6, 6.07) is 8.09. The zero-order valence-electron chi connectivity index (χ0n) is 8.18. The van der Waals surface area contributed by atoms with Crippen molar-refractivity contribution < 1.29 is 0 Å². The monoisotopic (exact) mass is 520 g/mol. The standard InChI is InChI=1S/C11H5Br4ClS/c12-6-1-5(2-7(13)3-6)10(16)8-4-9(14)17-11(8)15/h1-4,10H. The lowest BCUT2D eigenvalue weighted by molar-refractivity contribution is 1.14. The van der Waals surface area contributed by atoms with Crippen molar-refractivity contribution in [2.45, 2.75) is 5.38 Å². The van der Waals surface area contributed by atoms with Gasteiger partial charge in [-0.15, -0.1) is 22.9 Å². The van der Waals surface area contributed by atoms with Gasteiger partial charge in [0.15, 0.2) is 0 Å². The maximum atomic E-state index is 6.51. The molecule has 17 heavy (non-hydrogen) atoms. The van der Waals surface area contributed by atoms with Crippen LogP contribution in [0.3, 0.4) is 0 Å². The smallest absolute Gasteiger partial charge is 0.0855 e. The Balaban J connectivity index is 2.43. The summed E-state index contributed by atoms with van der Waals surface area (Å²) in [5.41, 5.74) is 2.13. The van der Waals surface area contributed by atoms with Crippen LogP contribution in [0.25, 0.3) is 0 Å². The molecule has 1 aromatic heterocycles. The molecule has 0 amide bonds. The summed E-state index contributed by atoms with van der Waals surface area (Å²) in [4.78, 5) is 0. The fraction of sp³-hybridized carbons (Fsp3) is 0.0909. The molecule has 1 atom stereocenters. The maximum Gasteiger partial charge on any atom is 0.0855 e. The third-order valence-corrected chi connectivity index (χ3v) is 5.92. The van der Waals surface area contributed by atoms with Gasteiger partial charge in [-0.1, -0.05) is 31.9 Å². The van der Waals surface area contributed by atoms with Crippen molar-refractivity contribution in [3.8, 4) is 0 Å². The first kappa shape index (κ1) is 14.5. The van der Waals surface area contributed by atoms with Crippen LogP contribution in [-0.2, 0) is 0 Å². The Morgan fingerprint density at radius 3 is 2.00 bits per heavy atom. The number of halogens is 5. The molecule has 0 aliphatic carbocycles. The molecule has 2 rings (SSSR count). The van der Waals surface area contributed by atoms with E-state index >= 15 is 0 Å². The Morgan fingerprint density at radius 2 is 1.53 bits per heavy atom. The quantitative estimate of drug-likeness (QED) is 0.367. The van der Waals surface area contributed by atoms with E-state index in [1.807, 2.05) is 24.3 Å². The van der Waals surface area contributed by atoms with Gasteiger partial charge in [0.1, 0.15) is 0 Å². The van der Waals surface area contributed by atoms with Crippen LogP contribution in [0.5, 0.6) is 0 Å². The lowest BCUT2D eigenvalue weighted by atomic mass is 10.1. The van der Waals surface area contributed by atoms with Crippen LogP contribution in [0, 0.1) is 0 Å². The average molecular weight is 524 g/mol. The Labute approximate surface area is 142 Å². The lowest BCUT2D eigenvalue weighted by Gasteiger charge is -2.10. The van der Waals surface area contributed by atoms with Gasteiger partial charge in [-0.2, -0.15) is 0 Å². The van der Waals surface area contributed by atoms with Gasteiger partial charge >= 0.3 is 0 Å². The summed E-state index contributed by atoms with van der Waals surface area (Å²) in [6.07, 6.45) is 0. The average Bonchev–Trinajstić information content (AvgIpc) is 2.55. The topological polar surface area (TPSA) is 0 Å². The zero-order valence-corrected chi connectivity index (χ0v) is 16.1. The molecule has 2 aromatic rings. The first-order valence-electron chi connectivity index (χ1n) is 4.52. The minimum absolute atomic E-state index is 0.166. The van der Waals surface area contributed by atoms with Crippen molar-refractivity contribution >= 4 is 86.7 Å². The zero-order chi connectivity index (χ0) is 12.6. The van der Waals surface area contributed by atoms with E-state index < -0.39 is 0 Å². The van der Waals surface area contributed by atoms with E-state index in [1.54, 1.807) is 11.3 Å². The summed E-state index contributed by atoms with van der Waals surface area (Å²) in [5.74, 6) is 0. The molecule has 0 N–H and O–H groups in total. The Morgan fingerprint density at radius 1 is 0.941 bits per heavy atom. The highest BCUT2D eigenvalue weighted by atomic mass is 79.9. The molecule has 0 nitrogen and oxygen atoms in total. The molecule has 6 heteroatoms. The number of benzene rings is 1. The molecule has 1 unspecified atom stereocenters. The first-order chi connectivity index (χ1) is 7.97. The van der Waals surface area contributed by atoms with E-state index in [-0.39, 0.29) is 5.38 Å². The largest absolute Gasteiger partial charge is 0.121 e. The minimum Gasteiger partial charge on any atom is -0.121 e. The van der Waals surface area contributed by atoms with Gasteiger partial charge < -0.3 is 0 Å². The van der Waals surface area contributed by atoms with E-state index in [0.717, 1.165) is 27.6 Å². The van der Waals surface area contributed by atoms with Gasteiger partial charge in [0.2, 0.25) is 0 Å². The highest BCUT2D eigenvalue weighted by Gasteiger charge is 2.17. The van der Waals surface area contributed by atoms with Crippen LogP contribution in [0.1, 0.15) is 16.5 Å².